The molecule has 1 saturated heterocycles. The molecule has 1 N–H and O–H groups in total. The quantitative estimate of drug-likeness (QED) is 0.750. The molecule has 0 unspecified atom stereocenters. The highest BCUT2D eigenvalue weighted by atomic mass is 35.5. The minimum absolute atomic E-state index is 0. The van der Waals surface area contributed by atoms with Crippen LogP contribution in [0.15, 0.2) is 25.3 Å². The van der Waals surface area contributed by atoms with Crippen molar-refractivity contribution in [3.63, 3.8) is 0 Å². The lowest BCUT2D eigenvalue weighted by molar-refractivity contribution is -0.138. The van der Waals surface area contributed by atoms with Gasteiger partial charge in [-0.1, -0.05) is 12.2 Å². The molecule has 98 valence electrons. The van der Waals surface area contributed by atoms with Crippen LogP contribution in [0.3, 0.4) is 0 Å². The molecule has 1 fully saturated rings. The van der Waals surface area contributed by atoms with Crippen molar-refractivity contribution in [1.29, 1.82) is 0 Å². The van der Waals surface area contributed by atoms with Gasteiger partial charge in [0.05, 0.1) is 12.7 Å². The smallest absolute Gasteiger partial charge is 0.242 e. The first-order valence-electron chi connectivity index (χ1n) is 5.56. The minimum Gasteiger partial charge on any atom is -0.375 e. The fourth-order valence-corrected chi connectivity index (χ4v) is 1.77. The Morgan fingerprint density at radius 2 is 2.06 bits per heavy atom. The Labute approximate surface area is 109 Å². The lowest BCUT2D eigenvalue weighted by Crippen LogP contribution is -2.56. The molecule has 1 heterocycles. The highest BCUT2D eigenvalue weighted by molar-refractivity contribution is 5.85. The SMILES string of the molecule is C=CCN(CC=C)C(=O)[C@H]1NCCO[C@@H]1C.Cl. The summed E-state index contributed by atoms with van der Waals surface area (Å²) in [6.45, 7) is 11.7. The number of morpholine rings is 1. The van der Waals surface area contributed by atoms with E-state index < -0.39 is 0 Å². The van der Waals surface area contributed by atoms with Gasteiger partial charge in [-0.05, 0) is 6.92 Å². The number of amides is 1. The maximum Gasteiger partial charge on any atom is 0.242 e. The van der Waals surface area contributed by atoms with Crippen LogP contribution < -0.4 is 5.32 Å². The molecule has 1 aliphatic rings. The first-order valence-corrected chi connectivity index (χ1v) is 5.56. The number of halogens is 1. The van der Waals surface area contributed by atoms with Gasteiger partial charge in [-0.2, -0.15) is 0 Å². The Balaban J connectivity index is 0.00000256. The van der Waals surface area contributed by atoms with Crippen LogP contribution in [0.2, 0.25) is 0 Å². The van der Waals surface area contributed by atoms with Gasteiger partial charge in [-0.15, -0.1) is 25.6 Å². The fraction of sp³-hybridized carbons (Fsp3) is 0.583. The molecule has 0 aromatic carbocycles. The molecule has 5 heteroatoms. The van der Waals surface area contributed by atoms with E-state index >= 15 is 0 Å². The predicted octanol–water partition coefficient (Wildman–Crippen LogP) is 0.986. The monoisotopic (exact) mass is 260 g/mol. The van der Waals surface area contributed by atoms with Gasteiger partial charge in [0.2, 0.25) is 5.91 Å². The van der Waals surface area contributed by atoms with Crippen LogP contribution in [0.5, 0.6) is 0 Å². The molecule has 1 rings (SSSR count). The lowest BCUT2D eigenvalue weighted by atomic mass is 10.1. The standard InChI is InChI=1S/C12H20N2O2.ClH/c1-4-7-14(8-5-2)12(15)11-10(3)16-9-6-13-11;/h4-5,10-11,13H,1-2,6-9H2,3H3;1H/t10-,11+;/m1./s1. The third kappa shape index (κ3) is 4.50. The molecule has 0 spiro atoms. The second-order valence-electron chi connectivity index (χ2n) is 3.83. The number of hydrogen-bond donors (Lipinski definition) is 1. The van der Waals surface area contributed by atoms with Crippen molar-refractivity contribution >= 4 is 18.3 Å². The molecular weight excluding hydrogens is 240 g/mol. The molecule has 4 nitrogen and oxygen atoms in total. The Hall–Kier alpha value is -0.840. The second kappa shape index (κ2) is 8.28. The number of carbonyl (C=O) groups is 1. The summed E-state index contributed by atoms with van der Waals surface area (Å²) in [4.78, 5) is 13.9. The van der Waals surface area contributed by atoms with Crippen molar-refractivity contribution < 1.29 is 9.53 Å². The van der Waals surface area contributed by atoms with Crippen molar-refractivity contribution in [3.05, 3.63) is 25.3 Å². The zero-order valence-corrected chi connectivity index (χ0v) is 11.0. The third-order valence-electron chi connectivity index (χ3n) is 2.59. The molecule has 1 amide bonds. The van der Waals surface area contributed by atoms with Gasteiger partial charge in [0, 0.05) is 19.6 Å². The van der Waals surface area contributed by atoms with E-state index in [1.807, 2.05) is 6.92 Å². The summed E-state index contributed by atoms with van der Waals surface area (Å²) in [5, 5.41) is 3.18. The maximum atomic E-state index is 12.2. The average molecular weight is 261 g/mol. The minimum atomic E-state index is -0.256. The van der Waals surface area contributed by atoms with Crippen LogP contribution in [0.1, 0.15) is 6.92 Å². The first kappa shape index (κ1) is 16.2. The van der Waals surface area contributed by atoms with E-state index in [2.05, 4.69) is 18.5 Å². The Kier molecular flexibility index (Phi) is 7.87. The Morgan fingerprint density at radius 1 is 1.47 bits per heavy atom. The number of hydrogen-bond acceptors (Lipinski definition) is 3. The van der Waals surface area contributed by atoms with Gasteiger partial charge in [0.25, 0.3) is 0 Å². The van der Waals surface area contributed by atoms with E-state index in [1.54, 1.807) is 17.1 Å². The van der Waals surface area contributed by atoms with Crippen LogP contribution in [-0.2, 0) is 9.53 Å². The van der Waals surface area contributed by atoms with E-state index in [9.17, 15) is 4.79 Å². The van der Waals surface area contributed by atoms with Crippen molar-refractivity contribution in [2.24, 2.45) is 0 Å². The summed E-state index contributed by atoms with van der Waals surface area (Å²) in [6.07, 6.45) is 3.35. The van der Waals surface area contributed by atoms with E-state index in [1.165, 1.54) is 0 Å². The molecule has 0 saturated carbocycles. The molecular formula is C12H21ClN2O2. The molecule has 2 atom stereocenters. The van der Waals surface area contributed by atoms with Gasteiger partial charge in [-0.3, -0.25) is 4.79 Å². The summed E-state index contributed by atoms with van der Waals surface area (Å²) in [7, 11) is 0. The largest absolute Gasteiger partial charge is 0.375 e. The molecule has 1 aliphatic heterocycles. The van der Waals surface area contributed by atoms with E-state index in [-0.39, 0.29) is 30.5 Å². The first-order chi connectivity index (χ1) is 7.70. The van der Waals surface area contributed by atoms with Crippen LogP contribution >= 0.6 is 12.4 Å². The molecule has 17 heavy (non-hydrogen) atoms. The van der Waals surface area contributed by atoms with Crippen LogP contribution in [0.4, 0.5) is 0 Å². The maximum absolute atomic E-state index is 12.2. The van der Waals surface area contributed by atoms with E-state index in [0.29, 0.717) is 19.7 Å². The summed E-state index contributed by atoms with van der Waals surface area (Å²) >= 11 is 0. The molecule has 0 radical (unpaired) electrons. The topological polar surface area (TPSA) is 41.6 Å². The van der Waals surface area contributed by atoms with Gasteiger partial charge in [0.1, 0.15) is 6.04 Å². The second-order valence-corrected chi connectivity index (χ2v) is 3.83. The van der Waals surface area contributed by atoms with Crippen LogP contribution in [0.25, 0.3) is 0 Å². The normalized spacial score (nSPS) is 23.4. The van der Waals surface area contributed by atoms with Gasteiger partial charge in [-0.25, -0.2) is 0 Å². The summed E-state index contributed by atoms with van der Waals surface area (Å²) < 4.78 is 5.46. The highest BCUT2D eigenvalue weighted by Gasteiger charge is 2.30. The van der Waals surface area contributed by atoms with Crippen molar-refractivity contribution in [1.82, 2.24) is 10.2 Å². The number of carbonyl (C=O) groups excluding carboxylic acids is 1. The lowest BCUT2D eigenvalue weighted by Gasteiger charge is -2.33. The van der Waals surface area contributed by atoms with Crippen molar-refractivity contribution in [3.8, 4) is 0 Å². The predicted molar refractivity (Wildman–Crippen MR) is 71.4 cm³/mol. The summed E-state index contributed by atoms with van der Waals surface area (Å²) in [5.74, 6) is 0.0481. The zero-order chi connectivity index (χ0) is 12.0. The third-order valence-corrected chi connectivity index (χ3v) is 2.59. The van der Waals surface area contributed by atoms with E-state index in [4.69, 9.17) is 4.74 Å². The summed E-state index contributed by atoms with van der Waals surface area (Å²) in [5.41, 5.74) is 0. The van der Waals surface area contributed by atoms with Crippen LogP contribution in [-0.4, -0.2) is 49.2 Å². The fourth-order valence-electron chi connectivity index (χ4n) is 1.77. The van der Waals surface area contributed by atoms with Gasteiger partial charge < -0.3 is 15.0 Å². The highest BCUT2D eigenvalue weighted by Crippen LogP contribution is 2.08. The van der Waals surface area contributed by atoms with Gasteiger partial charge in [0.15, 0.2) is 0 Å². The number of nitrogens with one attached hydrogen (secondary N) is 1. The van der Waals surface area contributed by atoms with Crippen LogP contribution in [0, 0.1) is 0 Å². The van der Waals surface area contributed by atoms with Crippen molar-refractivity contribution in [2.45, 2.75) is 19.1 Å². The molecule has 0 bridgehead atoms. The molecule has 0 aromatic rings. The number of rotatable bonds is 5. The number of nitrogens with zero attached hydrogens (tertiary/aromatic N) is 1. The Bertz CT molecular complexity index is 261. The van der Waals surface area contributed by atoms with Gasteiger partial charge >= 0.3 is 0 Å². The van der Waals surface area contributed by atoms with E-state index in [0.717, 1.165) is 6.54 Å². The Morgan fingerprint density at radius 3 is 2.53 bits per heavy atom. The molecule has 0 aromatic heterocycles. The van der Waals surface area contributed by atoms with Crippen molar-refractivity contribution in [2.75, 3.05) is 26.2 Å². The summed E-state index contributed by atoms with van der Waals surface area (Å²) in [6, 6.07) is -0.256. The average Bonchev–Trinajstić information content (AvgIpc) is 2.28. The zero-order valence-electron chi connectivity index (χ0n) is 10.2. The number of ether oxygens (including phenoxy) is 1. The molecule has 0 aliphatic carbocycles.